The van der Waals surface area contributed by atoms with E-state index in [0.29, 0.717) is 39.1 Å². The first-order valence-electron chi connectivity index (χ1n) is 12.8. The molecular formula is C30H28ClN3O6S. The van der Waals surface area contributed by atoms with Crippen molar-refractivity contribution < 1.29 is 28.6 Å². The van der Waals surface area contributed by atoms with Crippen LogP contribution in [0.4, 0.5) is 0 Å². The van der Waals surface area contributed by atoms with E-state index in [4.69, 9.17) is 25.8 Å². The van der Waals surface area contributed by atoms with Crippen LogP contribution in [0.2, 0.25) is 5.02 Å². The number of esters is 1. The summed E-state index contributed by atoms with van der Waals surface area (Å²) in [7, 11) is 1.44. The topological polar surface area (TPSA) is 115 Å². The minimum Gasteiger partial charge on any atom is -0.494 e. The molecule has 0 unspecified atom stereocenters. The number of amides is 2. The van der Waals surface area contributed by atoms with Gasteiger partial charge in [-0.3, -0.25) is 9.59 Å². The number of unbranched alkanes of at least 4 members (excludes halogenated alkanes) is 1. The first kappa shape index (κ1) is 29.6. The molecule has 3 aromatic carbocycles. The summed E-state index contributed by atoms with van der Waals surface area (Å²) >= 11 is 7.64. The Morgan fingerprint density at radius 3 is 2.54 bits per heavy atom. The molecule has 41 heavy (non-hydrogen) atoms. The highest BCUT2D eigenvalue weighted by Gasteiger charge is 2.20. The maximum Gasteiger partial charge on any atom is 0.355 e. The van der Waals surface area contributed by atoms with Crippen LogP contribution in [-0.2, 0) is 4.79 Å². The van der Waals surface area contributed by atoms with E-state index in [1.807, 2.05) is 24.3 Å². The fourth-order valence-corrected chi connectivity index (χ4v) is 5.04. The van der Waals surface area contributed by atoms with Crippen molar-refractivity contribution in [1.82, 2.24) is 10.7 Å². The molecule has 11 heteroatoms. The number of hydrazone groups is 1. The van der Waals surface area contributed by atoms with E-state index < -0.39 is 17.8 Å². The molecule has 0 atom stereocenters. The number of halogens is 1. The average Bonchev–Trinajstić information content (AvgIpc) is 3.33. The standard InChI is InChI=1S/C30H28ClN3O6S/c1-3-4-15-39-21-12-10-20(11-13-21)29(36)32-18-26(35)34-33-17-19-9-14-23(24(16-19)38-2)40-30(37)28-27(31)22-7-5-6-8-25(22)41-28/h5-14,16-17H,3-4,15,18H2,1-2H3,(H,32,36)(H,34,35)/b33-17+. The van der Waals surface area contributed by atoms with Gasteiger partial charge in [0.25, 0.3) is 11.8 Å². The number of methoxy groups -OCH3 is 1. The molecule has 0 aliphatic carbocycles. The van der Waals surface area contributed by atoms with Crippen molar-refractivity contribution in [1.29, 1.82) is 0 Å². The van der Waals surface area contributed by atoms with Gasteiger partial charge >= 0.3 is 5.97 Å². The Kier molecular flexibility index (Phi) is 10.3. The van der Waals surface area contributed by atoms with Gasteiger partial charge in [-0.05, 0) is 60.5 Å². The molecule has 0 saturated heterocycles. The van der Waals surface area contributed by atoms with Crippen LogP contribution >= 0.6 is 22.9 Å². The Bertz CT molecular complexity index is 1570. The number of rotatable bonds is 12. The maximum atomic E-state index is 12.8. The summed E-state index contributed by atoms with van der Waals surface area (Å²) < 4.78 is 17.4. The van der Waals surface area contributed by atoms with Crippen LogP contribution in [0.1, 0.15) is 45.4 Å². The number of hydrogen-bond acceptors (Lipinski definition) is 8. The van der Waals surface area contributed by atoms with E-state index >= 15 is 0 Å². The Labute approximate surface area is 246 Å². The highest BCUT2D eigenvalue weighted by atomic mass is 35.5. The summed E-state index contributed by atoms with van der Waals surface area (Å²) in [5, 5.41) is 7.59. The molecule has 212 valence electrons. The van der Waals surface area contributed by atoms with Crippen molar-refractivity contribution in [2.45, 2.75) is 19.8 Å². The second-order valence-electron chi connectivity index (χ2n) is 8.74. The first-order chi connectivity index (χ1) is 19.9. The van der Waals surface area contributed by atoms with Gasteiger partial charge in [-0.25, -0.2) is 10.2 Å². The zero-order chi connectivity index (χ0) is 29.2. The molecule has 2 N–H and O–H groups in total. The molecule has 9 nitrogen and oxygen atoms in total. The minimum atomic E-state index is -0.596. The van der Waals surface area contributed by atoms with E-state index in [-0.39, 0.29) is 12.3 Å². The predicted molar refractivity (Wildman–Crippen MR) is 160 cm³/mol. The molecule has 4 rings (SSSR count). The molecular weight excluding hydrogens is 566 g/mol. The molecule has 1 aromatic heterocycles. The number of hydrogen-bond donors (Lipinski definition) is 2. The van der Waals surface area contributed by atoms with Gasteiger partial charge in [0.15, 0.2) is 11.5 Å². The van der Waals surface area contributed by atoms with Crippen LogP contribution in [0.15, 0.2) is 71.8 Å². The number of carbonyl (C=O) groups is 3. The summed E-state index contributed by atoms with van der Waals surface area (Å²) in [4.78, 5) is 37.6. The Morgan fingerprint density at radius 1 is 1.02 bits per heavy atom. The van der Waals surface area contributed by atoms with Crippen molar-refractivity contribution in [2.75, 3.05) is 20.3 Å². The summed E-state index contributed by atoms with van der Waals surface area (Å²) in [6.07, 6.45) is 3.39. The fourth-order valence-electron chi connectivity index (χ4n) is 3.66. The number of nitrogens with zero attached hydrogens (tertiary/aromatic N) is 1. The van der Waals surface area contributed by atoms with E-state index in [0.717, 1.165) is 22.9 Å². The predicted octanol–water partition coefficient (Wildman–Crippen LogP) is 5.84. The number of fused-ring (bicyclic) bond motifs is 1. The van der Waals surface area contributed by atoms with Crippen molar-refractivity contribution in [2.24, 2.45) is 5.10 Å². The molecule has 4 aromatic rings. The number of thiophene rings is 1. The summed E-state index contributed by atoms with van der Waals surface area (Å²) in [6.45, 7) is 2.44. The van der Waals surface area contributed by atoms with Gasteiger partial charge in [-0.15, -0.1) is 11.3 Å². The number of ether oxygens (including phenoxy) is 3. The Morgan fingerprint density at radius 2 is 1.80 bits per heavy atom. The average molecular weight is 594 g/mol. The zero-order valence-electron chi connectivity index (χ0n) is 22.4. The van der Waals surface area contributed by atoms with Crippen LogP contribution in [0, 0.1) is 0 Å². The largest absolute Gasteiger partial charge is 0.494 e. The number of carbonyl (C=O) groups excluding carboxylic acids is 3. The first-order valence-corrected chi connectivity index (χ1v) is 14.0. The van der Waals surface area contributed by atoms with E-state index in [2.05, 4.69) is 22.8 Å². The van der Waals surface area contributed by atoms with Crippen molar-refractivity contribution in [3.8, 4) is 17.2 Å². The molecule has 0 aliphatic rings. The van der Waals surface area contributed by atoms with E-state index in [9.17, 15) is 14.4 Å². The summed E-state index contributed by atoms with van der Waals surface area (Å²) in [5.41, 5.74) is 3.34. The van der Waals surface area contributed by atoms with Crippen LogP contribution in [0.25, 0.3) is 10.1 Å². The second kappa shape index (κ2) is 14.3. The van der Waals surface area contributed by atoms with Gasteiger partial charge in [-0.1, -0.05) is 43.1 Å². The number of benzene rings is 3. The van der Waals surface area contributed by atoms with Gasteiger partial charge in [0, 0.05) is 15.6 Å². The van der Waals surface area contributed by atoms with E-state index in [1.165, 1.54) is 24.7 Å². The van der Waals surface area contributed by atoms with Gasteiger partial charge in [-0.2, -0.15) is 5.10 Å². The zero-order valence-corrected chi connectivity index (χ0v) is 24.0. The molecule has 2 amide bonds. The lowest BCUT2D eigenvalue weighted by molar-refractivity contribution is -0.120. The van der Waals surface area contributed by atoms with Gasteiger partial charge < -0.3 is 19.5 Å². The normalized spacial score (nSPS) is 10.9. The summed E-state index contributed by atoms with van der Waals surface area (Å²) in [6, 6.07) is 19.0. The lowest BCUT2D eigenvalue weighted by Crippen LogP contribution is -2.34. The molecule has 0 radical (unpaired) electrons. The molecule has 0 fully saturated rings. The Hall–Kier alpha value is -4.41. The second-order valence-corrected chi connectivity index (χ2v) is 10.2. The fraction of sp³-hybridized carbons (Fsp3) is 0.200. The molecule has 0 aliphatic heterocycles. The molecule has 0 saturated carbocycles. The summed E-state index contributed by atoms with van der Waals surface area (Å²) in [5.74, 6) is -0.315. The minimum absolute atomic E-state index is 0.204. The van der Waals surface area contributed by atoms with Gasteiger partial charge in [0.2, 0.25) is 0 Å². The van der Waals surface area contributed by atoms with Crippen molar-refractivity contribution >= 4 is 57.0 Å². The van der Waals surface area contributed by atoms with Gasteiger partial charge in [0.05, 0.1) is 31.5 Å². The molecule has 0 spiro atoms. The maximum absolute atomic E-state index is 12.8. The highest BCUT2D eigenvalue weighted by molar-refractivity contribution is 7.21. The van der Waals surface area contributed by atoms with Crippen LogP contribution in [0.5, 0.6) is 17.2 Å². The Balaban J connectivity index is 1.28. The van der Waals surface area contributed by atoms with Crippen LogP contribution in [0.3, 0.4) is 0 Å². The third kappa shape index (κ3) is 7.84. The molecule has 0 bridgehead atoms. The van der Waals surface area contributed by atoms with Crippen LogP contribution < -0.4 is 25.0 Å². The van der Waals surface area contributed by atoms with Crippen molar-refractivity contribution in [3.05, 3.63) is 87.8 Å². The lowest BCUT2D eigenvalue weighted by Gasteiger charge is -2.09. The highest BCUT2D eigenvalue weighted by Crippen LogP contribution is 2.37. The quantitative estimate of drug-likeness (QED) is 0.0701. The van der Waals surface area contributed by atoms with Gasteiger partial charge in [0.1, 0.15) is 10.6 Å². The SMILES string of the molecule is CCCCOc1ccc(C(=O)NCC(=O)N/N=C/c2ccc(OC(=O)c3sc4ccccc4c3Cl)c(OC)c2)cc1. The third-order valence-electron chi connectivity index (χ3n) is 5.81. The van der Waals surface area contributed by atoms with Crippen molar-refractivity contribution in [3.63, 3.8) is 0 Å². The van der Waals surface area contributed by atoms with E-state index in [1.54, 1.807) is 42.5 Å². The molecule has 1 heterocycles. The third-order valence-corrected chi connectivity index (χ3v) is 7.46. The lowest BCUT2D eigenvalue weighted by atomic mass is 10.2. The number of nitrogens with one attached hydrogen (secondary N) is 2. The van der Waals surface area contributed by atoms with Crippen LogP contribution in [-0.4, -0.2) is 44.3 Å². The smallest absolute Gasteiger partial charge is 0.355 e. The monoisotopic (exact) mass is 593 g/mol.